The summed E-state index contributed by atoms with van der Waals surface area (Å²) in [6.07, 6.45) is 3.59. The fraction of sp³-hybridized carbons (Fsp3) is 0.311. The van der Waals surface area contributed by atoms with Crippen LogP contribution in [0.1, 0.15) is 53.4 Å². The smallest absolute Gasteiger partial charge is 0.241 e. The zero-order valence-electron chi connectivity index (χ0n) is 33.4. The molecule has 1 aliphatic heterocycles. The van der Waals surface area contributed by atoms with Gasteiger partial charge < -0.3 is 13.9 Å². The summed E-state index contributed by atoms with van der Waals surface area (Å²) in [5.74, 6) is 2.01. The van der Waals surface area contributed by atoms with Gasteiger partial charge in [0.05, 0.1) is 21.7 Å². The average Bonchev–Trinajstić information content (AvgIpc) is 3.23. The number of nitrogens with zero attached hydrogens (tertiary/aromatic N) is 2. The average molecular weight is 858 g/mol. The molecular formula is C45H51N3O6S4. The molecule has 1 heterocycles. The Morgan fingerprint density at radius 1 is 0.793 bits per heavy atom. The van der Waals surface area contributed by atoms with Gasteiger partial charge in [0.15, 0.2) is 5.88 Å². The highest BCUT2D eigenvalue weighted by atomic mass is 32.2. The lowest BCUT2D eigenvalue weighted by Gasteiger charge is -2.24. The number of hydrogen-bond donors (Lipinski definition) is 1. The minimum absolute atomic E-state index is 0.0988. The Hall–Kier alpha value is -4.11. The number of rotatable bonds is 19. The van der Waals surface area contributed by atoms with Crippen LogP contribution in [0.5, 0.6) is 0 Å². The lowest BCUT2D eigenvalue weighted by Crippen LogP contribution is -2.30. The number of fused-ring (bicyclic) bond motifs is 2. The normalized spacial score (nSPS) is 13.2. The van der Waals surface area contributed by atoms with E-state index >= 15 is 0 Å². The predicted molar refractivity (Wildman–Crippen MR) is 238 cm³/mol. The maximum atomic E-state index is 14.4. The van der Waals surface area contributed by atoms with Crippen molar-refractivity contribution >= 4 is 60.3 Å². The van der Waals surface area contributed by atoms with Crippen molar-refractivity contribution in [3.05, 3.63) is 121 Å². The predicted octanol–water partition coefficient (Wildman–Crippen LogP) is 9.72. The fourth-order valence-corrected chi connectivity index (χ4v) is 10.8. The van der Waals surface area contributed by atoms with Gasteiger partial charge in [-0.05, 0) is 80.8 Å². The molecule has 9 nitrogen and oxygen atoms in total. The summed E-state index contributed by atoms with van der Waals surface area (Å²) in [6.45, 7) is 9.97. The van der Waals surface area contributed by atoms with Crippen LogP contribution < -0.4 is 19.6 Å². The highest BCUT2D eigenvalue weighted by Crippen LogP contribution is 2.44. The van der Waals surface area contributed by atoms with Crippen LogP contribution in [0, 0.1) is 5.92 Å². The van der Waals surface area contributed by atoms with Crippen molar-refractivity contribution in [1.29, 1.82) is 0 Å². The van der Waals surface area contributed by atoms with Gasteiger partial charge >= 0.3 is 0 Å². The van der Waals surface area contributed by atoms with E-state index in [9.17, 15) is 21.4 Å². The molecule has 1 N–H and O–H groups in total. The summed E-state index contributed by atoms with van der Waals surface area (Å²) < 4.78 is 77.6. The van der Waals surface area contributed by atoms with Gasteiger partial charge in [0, 0.05) is 62.8 Å². The van der Waals surface area contributed by atoms with E-state index in [1.54, 1.807) is 23.5 Å². The van der Waals surface area contributed by atoms with Gasteiger partial charge in [0.2, 0.25) is 15.4 Å². The van der Waals surface area contributed by atoms with Gasteiger partial charge in [-0.3, -0.25) is 0 Å². The van der Waals surface area contributed by atoms with Crippen LogP contribution in [0.4, 0.5) is 5.69 Å². The third-order valence-electron chi connectivity index (χ3n) is 10.3. The largest absolute Gasteiger partial charge is 0.744 e. The summed E-state index contributed by atoms with van der Waals surface area (Å²) >= 11 is 3.45. The molecule has 306 valence electrons. The Labute approximate surface area is 351 Å². The molecule has 0 radical (unpaired) electrons. The van der Waals surface area contributed by atoms with E-state index in [0.29, 0.717) is 39.6 Å². The Morgan fingerprint density at radius 2 is 1.48 bits per heavy atom. The molecule has 13 heteroatoms. The minimum Gasteiger partial charge on any atom is -0.744 e. The van der Waals surface area contributed by atoms with Crippen molar-refractivity contribution in [3.8, 4) is 22.5 Å². The van der Waals surface area contributed by atoms with E-state index in [1.807, 2.05) is 79.7 Å². The lowest BCUT2D eigenvalue weighted by molar-refractivity contribution is 0.443. The molecule has 0 aromatic heterocycles. The summed E-state index contributed by atoms with van der Waals surface area (Å²) in [4.78, 5) is 3.65. The Bertz CT molecular complexity index is 2580. The Kier molecular flexibility index (Phi) is 14.8. The van der Waals surface area contributed by atoms with Gasteiger partial charge in [0.1, 0.15) is 28.0 Å². The maximum Gasteiger partial charge on any atom is 0.241 e. The number of nitrogens with one attached hydrogen (secondary N) is 1. The first-order valence-corrected chi connectivity index (χ1v) is 24.6. The molecule has 4 aromatic carbocycles. The van der Waals surface area contributed by atoms with Crippen LogP contribution in [0.2, 0.25) is 0 Å². The van der Waals surface area contributed by atoms with Crippen LogP contribution in [-0.2, 0) is 20.1 Å². The van der Waals surface area contributed by atoms with Crippen LogP contribution in [0.25, 0.3) is 33.4 Å². The van der Waals surface area contributed by atoms with Crippen LogP contribution in [0.15, 0.2) is 139 Å². The van der Waals surface area contributed by atoms with E-state index in [2.05, 4.69) is 59.2 Å². The SMILES string of the molecule is CCCCC(CC)CNS(=O)(=O)c1cc(S(=O)(=O)[O-])ccc1-c1c2cc/c(=[N+](\CC)CSc3ccccc3)cc-2oc2cc(N(CC)CSc3ccccc3)ccc12. The number of hydrogen-bond acceptors (Lipinski definition) is 9. The van der Waals surface area contributed by atoms with Gasteiger partial charge in [-0.25, -0.2) is 26.1 Å². The monoisotopic (exact) mass is 857 g/mol. The number of unbranched alkanes of at least 4 members (excludes halogenated alkanes) is 1. The standard InChI is InChI=1S/C45H51N3O6S4/c1-5-9-16-33(6-2)30-46-57(49,50)44-29-38(58(51,52)53)23-26-41(44)45-39-24-21-34(47(7-3)31-55-36-17-12-10-13-18-36)27-42(39)54-43-28-35(22-25-40(43)45)48(8-4)32-56-37-19-14-11-15-20-37/h10-15,17-29,33,46H,5-9,16,30-32H2,1-4H3. The van der Waals surface area contributed by atoms with Gasteiger partial charge in [-0.1, -0.05) is 87.3 Å². The Morgan fingerprint density at radius 3 is 2.12 bits per heavy atom. The molecule has 2 aliphatic rings. The quantitative estimate of drug-likeness (QED) is 0.0279. The fourth-order valence-electron chi connectivity index (χ4n) is 6.92. The Balaban J connectivity index is 1.55. The molecule has 0 bridgehead atoms. The van der Waals surface area contributed by atoms with Crippen LogP contribution in [0.3, 0.4) is 0 Å². The van der Waals surface area contributed by atoms with Gasteiger partial charge in [-0.2, -0.15) is 0 Å². The molecule has 0 amide bonds. The van der Waals surface area contributed by atoms with Crippen LogP contribution in [-0.4, -0.2) is 52.8 Å². The summed E-state index contributed by atoms with van der Waals surface area (Å²) in [6, 6.07) is 35.8. The molecule has 58 heavy (non-hydrogen) atoms. The third kappa shape index (κ3) is 10.5. The molecule has 0 saturated carbocycles. The molecule has 0 spiro atoms. The van der Waals surface area contributed by atoms with Crippen molar-refractivity contribution in [2.75, 3.05) is 36.3 Å². The van der Waals surface area contributed by atoms with E-state index in [0.717, 1.165) is 65.7 Å². The van der Waals surface area contributed by atoms with E-state index < -0.39 is 25.0 Å². The van der Waals surface area contributed by atoms with E-state index in [-0.39, 0.29) is 22.9 Å². The second-order valence-electron chi connectivity index (χ2n) is 14.1. The van der Waals surface area contributed by atoms with Crippen molar-refractivity contribution in [1.82, 2.24) is 9.30 Å². The molecule has 1 aliphatic carbocycles. The van der Waals surface area contributed by atoms with Gasteiger partial charge in [0.25, 0.3) is 0 Å². The highest BCUT2D eigenvalue weighted by molar-refractivity contribution is 7.99. The molecule has 1 atom stereocenters. The number of thioether (sulfide) groups is 2. The first kappa shape index (κ1) is 43.5. The minimum atomic E-state index is -4.98. The number of anilines is 1. The molecular weight excluding hydrogens is 807 g/mol. The highest BCUT2D eigenvalue weighted by Gasteiger charge is 2.27. The van der Waals surface area contributed by atoms with E-state index in [4.69, 9.17) is 4.42 Å². The molecule has 1 unspecified atom stereocenters. The molecule has 0 saturated heterocycles. The van der Waals surface area contributed by atoms with Crippen molar-refractivity contribution < 1.29 is 25.8 Å². The van der Waals surface area contributed by atoms with Crippen LogP contribution >= 0.6 is 23.5 Å². The van der Waals surface area contributed by atoms with E-state index in [1.165, 1.54) is 12.1 Å². The summed E-state index contributed by atoms with van der Waals surface area (Å²) in [7, 11) is -9.29. The number of benzene rings is 5. The first-order valence-electron chi connectivity index (χ1n) is 19.7. The van der Waals surface area contributed by atoms with Gasteiger partial charge in [-0.15, -0.1) is 11.8 Å². The van der Waals surface area contributed by atoms with Crippen molar-refractivity contribution in [2.24, 2.45) is 5.92 Å². The summed E-state index contributed by atoms with van der Waals surface area (Å²) in [5, 5.41) is 1.57. The lowest BCUT2D eigenvalue weighted by atomic mass is 9.93. The second kappa shape index (κ2) is 19.8. The second-order valence-corrected chi connectivity index (χ2v) is 19.3. The zero-order chi connectivity index (χ0) is 41.3. The molecule has 6 rings (SSSR count). The molecule has 0 fully saturated rings. The third-order valence-corrected chi connectivity index (χ3v) is 14.7. The summed E-state index contributed by atoms with van der Waals surface area (Å²) in [5.41, 5.74) is 2.94. The van der Waals surface area contributed by atoms with Crippen molar-refractivity contribution in [3.63, 3.8) is 0 Å². The molecule has 4 aromatic rings. The maximum absolute atomic E-state index is 14.4. The zero-order valence-corrected chi connectivity index (χ0v) is 36.7. The number of sulfonamides is 1. The van der Waals surface area contributed by atoms with Crippen molar-refractivity contribution in [2.45, 2.75) is 73.0 Å². The first-order chi connectivity index (χ1) is 27.9. The topological polar surface area (TPSA) is 123 Å².